The number of benzene rings is 2. The van der Waals surface area contributed by atoms with Gasteiger partial charge in [-0.1, -0.05) is 11.8 Å². The monoisotopic (exact) mass is 456 g/mol. The minimum atomic E-state index is 0. The van der Waals surface area contributed by atoms with Crippen molar-refractivity contribution < 1.29 is 36.4 Å². The Kier molecular flexibility index (Phi) is 15.4. The van der Waals surface area contributed by atoms with Crippen LogP contribution in [0.25, 0.3) is 0 Å². The van der Waals surface area contributed by atoms with Gasteiger partial charge in [-0.25, -0.2) is 24.3 Å². The minimum Gasteiger partial charge on any atom is -0.508 e. The van der Waals surface area contributed by atoms with Gasteiger partial charge in [0.15, 0.2) is 0 Å². The zero-order valence-corrected chi connectivity index (χ0v) is 18.5. The fourth-order valence-corrected chi connectivity index (χ4v) is 1.80. The van der Waals surface area contributed by atoms with Gasteiger partial charge in [0.05, 0.1) is 0 Å². The number of phenolic OH excluding ortho intramolecular Hbond substituents is 2. The van der Waals surface area contributed by atoms with Crippen molar-refractivity contribution in [2.24, 2.45) is 0 Å². The fraction of sp³-hybridized carbons (Fsp3) is 0.0769. The van der Waals surface area contributed by atoms with Gasteiger partial charge in [0.1, 0.15) is 11.5 Å². The van der Waals surface area contributed by atoms with Crippen LogP contribution in [0.2, 0.25) is 0 Å². The van der Waals surface area contributed by atoms with Crippen molar-refractivity contribution in [3.63, 3.8) is 0 Å². The van der Waals surface area contributed by atoms with E-state index in [1.165, 1.54) is 0 Å². The number of phenols is 2. The van der Waals surface area contributed by atoms with E-state index in [-0.39, 0.29) is 37.7 Å². The molecule has 0 radical (unpaired) electrons. The molecule has 0 spiro atoms. The molecule has 0 bridgehead atoms. The van der Waals surface area contributed by atoms with Gasteiger partial charge in [0.2, 0.25) is 0 Å². The number of terminal acetylenes is 2. The summed E-state index contributed by atoms with van der Waals surface area (Å²) in [4.78, 5) is 0. The van der Waals surface area contributed by atoms with Crippen molar-refractivity contribution in [2.75, 3.05) is 0 Å². The first-order chi connectivity index (χ1) is 13.7. The topological polar surface area (TPSA) is 40.5 Å². The largest absolute Gasteiger partial charge is 2.00 e. The number of hydrogen-bond donors (Lipinski definition) is 2. The summed E-state index contributed by atoms with van der Waals surface area (Å²) in [5, 5.41) is 17.6. The number of hydrogen-bond acceptors (Lipinski definition) is 2. The molecule has 0 unspecified atom stereocenters. The second kappa shape index (κ2) is 17.1. The Morgan fingerprint density at radius 2 is 1.00 bits per heavy atom. The Labute approximate surface area is 193 Å². The molecule has 3 heteroatoms. The number of rotatable bonds is 0. The Morgan fingerprint density at radius 1 is 0.655 bits per heavy atom. The molecule has 2 nitrogen and oxygen atoms in total. The zero-order valence-electron chi connectivity index (χ0n) is 16.0. The van der Waals surface area contributed by atoms with Crippen LogP contribution < -0.4 is 0 Å². The maximum atomic E-state index is 8.78. The Morgan fingerprint density at radius 3 is 1.17 bits per heavy atom. The van der Waals surface area contributed by atoms with Gasteiger partial charge in [-0.15, -0.1) is 25.7 Å². The third-order valence-electron chi connectivity index (χ3n) is 3.24. The summed E-state index contributed by atoms with van der Waals surface area (Å²) >= 11 is 0. The molecule has 4 rings (SSSR count). The average molecular weight is 458 g/mol. The molecule has 0 heterocycles. The van der Waals surface area contributed by atoms with Crippen LogP contribution in [0.1, 0.15) is 24.0 Å². The van der Waals surface area contributed by atoms with E-state index in [0.717, 1.165) is 24.0 Å². The van der Waals surface area contributed by atoms with E-state index in [4.69, 9.17) is 23.1 Å². The molecule has 0 saturated carbocycles. The maximum absolute atomic E-state index is 8.78. The average Bonchev–Trinajstić information content (AvgIpc) is 3.48. The summed E-state index contributed by atoms with van der Waals surface area (Å²) in [6.07, 6.45) is 30.1. The predicted molar refractivity (Wildman–Crippen MR) is 115 cm³/mol. The van der Waals surface area contributed by atoms with E-state index in [1.807, 2.05) is 24.3 Å². The van der Waals surface area contributed by atoms with E-state index >= 15 is 0 Å². The summed E-state index contributed by atoms with van der Waals surface area (Å²) in [6.45, 7) is 0. The van der Waals surface area contributed by atoms with E-state index in [1.54, 1.807) is 48.5 Å². The van der Waals surface area contributed by atoms with Gasteiger partial charge in [-0.2, -0.15) is 12.2 Å². The molecule has 0 aromatic heterocycles. The third-order valence-corrected chi connectivity index (χ3v) is 3.24. The summed E-state index contributed by atoms with van der Waals surface area (Å²) in [6, 6.07) is 13.0. The van der Waals surface area contributed by atoms with Crippen LogP contribution >= 0.6 is 0 Å². The van der Waals surface area contributed by atoms with Crippen LogP contribution in [0, 0.1) is 36.8 Å². The minimum absolute atomic E-state index is 0. The molecule has 2 aromatic rings. The van der Waals surface area contributed by atoms with Crippen LogP contribution in [0.5, 0.6) is 11.5 Å². The number of allylic oxidation sites excluding steroid dienone is 8. The molecule has 0 fully saturated rings. The van der Waals surface area contributed by atoms with Crippen molar-refractivity contribution in [2.45, 2.75) is 12.8 Å². The van der Waals surface area contributed by atoms with E-state index < -0.39 is 0 Å². The predicted octanol–water partition coefficient (Wildman–Crippen LogP) is 5.36. The van der Waals surface area contributed by atoms with Crippen molar-refractivity contribution in [1.82, 2.24) is 0 Å². The summed E-state index contributed by atoms with van der Waals surface area (Å²) < 4.78 is 0. The molecule has 2 aliphatic rings. The molecule has 0 saturated heterocycles. The van der Waals surface area contributed by atoms with E-state index in [0.29, 0.717) is 0 Å². The van der Waals surface area contributed by atoms with Gasteiger partial charge in [-0.05, 0) is 48.5 Å². The quantitative estimate of drug-likeness (QED) is 0.413. The fourth-order valence-electron chi connectivity index (χ4n) is 1.80. The third kappa shape index (κ3) is 13.8. The summed E-state index contributed by atoms with van der Waals surface area (Å²) in [5.74, 6) is 5.38. The van der Waals surface area contributed by atoms with Gasteiger partial charge in [0.25, 0.3) is 0 Å². The molecule has 142 valence electrons. The molecule has 2 aromatic carbocycles. The molecule has 0 aliphatic heterocycles. The molecule has 0 amide bonds. The van der Waals surface area contributed by atoms with Gasteiger partial charge < -0.3 is 10.2 Å². The van der Waals surface area contributed by atoms with Gasteiger partial charge in [0, 0.05) is 11.1 Å². The summed E-state index contributed by atoms with van der Waals surface area (Å²) in [5.41, 5.74) is 1.57. The van der Waals surface area contributed by atoms with Gasteiger partial charge in [-0.3, -0.25) is 12.2 Å². The normalized spacial score (nSPS) is 11.2. The van der Waals surface area contributed by atoms with Crippen LogP contribution in [0.15, 0.2) is 85.0 Å². The molecule has 2 N–H and O–H groups in total. The van der Waals surface area contributed by atoms with Crippen molar-refractivity contribution in [3.05, 3.63) is 108 Å². The van der Waals surface area contributed by atoms with Crippen molar-refractivity contribution in [1.29, 1.82) is 0 Å². The first kappa shape index (κ1) is 26.0. The van der Waals surface area contributed by atoms with E-state index in [9.17, 15) is 0 Å². The SMILES string of the molecule is C#Cc1ccc(O)cc1.C#Cc1ccc(O)cc1.[C-]1=CC=CC1.[C-]1=CC=CC1.[Zr+2]. The Balaban J connectivity index is 0.000000369. The Bertz CT molecular complexity index is 790. The maximum Gasteiger partial charge on any atom is 2.00 e. The van der Waals surface area contributed by atoms with E-state index in [2.05, 4.69) is 36.1 Å². The first-order valence-corrected chi connectivity index (χ1v) is 8.60. The molecule has 0 atom stereocenters. The summed E-state index contributed by atoms with van der Waals surface area (Å²) in [7, 11) is 0. The smallest absolute Gasteiger partial charge is 0.508 e. The zero-order chi connectivity index (χ0) is 20.5. The molecule has 2 aliphatic carbocycles. The van der Waals surface area contributed by atoms with Crippen LogP contribution in [0.4, 0.5) is 0 Å². The standard InChI is InChI=1S/2C8H6O.2C5H5.Zr/c2*1-2-7-3-5-8(9)6-4-7;2*1-2-4-5-3-1;/h2*1,3-6,9H;2*1-3H,4H2;/q;;2*-1;+2. The van der Waals surface area contributed by atoms with Crippen LogP contribution in [-0.2, 0) is 26.2 Å². The second-order valence-electron chi connectivity index (χ2n) is 5.39. The first-order valence-electron chi connectivity index (χ1n) is 8.60. The molecular weight excluding hydrogens is 436 g/mol. The second-order valence-corrected chi connectivity index (χ2v) is 5.39. The Hall–Kier alpha value is -3.00. The molecule has 29 heavy (non-hydrogen) atoms. The van der Waals surface area contributed by atoms with Gasteiger partial charge >= 0.3 is 26.2 Å². The van der Waals surface area contributed by atoms with Crippen LogP contribution in [-0.4, -0.2) is 10.2 Å². The molecular formula is C26H22O2Zr. The number of aromatic hydroxyl groups is 2. The van der Waals surface area contributed by atoms with Crippen molar-refractivity contribution >= 4 is 0 Å². The van der Waals surface area contributed by atoms with Crippen LogP contribution in [0.3, 0.4) is 0 Å². The van der Waals surface area contributed by atoms with Crippen molar-refractivity contribution in [3.8, 4) is 36.2 Å².